The third-order valence-corrected chi connectivity index (χ3v) is 4.16. The lowest BCUT2D eigenvalue weighted by Crippen LogP contribution is -2.42. The van der Waals surface area contributed by atoms with Crippen molar-refractivity contribution in [1.82, 2.24) is 0 Å². The fourth-order valence-corrected chi connectivity index (χ4v) is 3.02. The van der Waals surface area contributed by atoms with Gasteiger partial charge in [-0.3, -0.25) is 0 Å². The molecule has 2 aliphatic rings. The van der Waals surface area contributed by atoms with Crippen LogP contribution in [-0.4, -0.2) is 18.8 Å². The molecule has 17 heavy (non-hydrogen) atoms. The molecule has 0 saturated heterocycles. The summed E-state index contributed by atoms with van der Waals surface area (Å²) < 4.78 is 5.96. The quantitative estimate of drug-likeness (QED) is 0.868. The molecule has 92 valence electrons. The van der Waals surface area contributed by atoms with E-state index in [9.17, 15) is 0 Å². The van der Waals surface area contributed by atoms with E-state index in [0.717, 1.165) is 19.4 Å². The van der Waals surface area contributed by atoms with Crippen LogP contribution in [-0.2, 0) is 11.2 Å². The molecule has 1 atom stereocenters. The molecule has 0 amide bonds. The Morgan fingerprint density at radius 3 is 2.88 bits per heavy atom. The maximum absolute atomic E-state index is 5.96. The molecular formula is C15H21NO. The molecule has 1 fully saturated rings. The van der Waals surface area contributed by atoms with Gasteiger partial charge in [0.2, 0.25) is 0 Å². The van der Waals surface area contributed by atoms with E-state index in [4.69, 9.17) is 10.5 Å². The van der Waals surface area contributed by atoms with Gasteiger partial charge in [-0.15, -0.1) is 0 Å². The molecule has 3 rings (SSSR count). The Balaban J connectivity index is 1.61. The summed E-state index contributed by atoms with van der Waals surface area (Å²) in [5.41, 5.74) is 8.82. The van der Waals surface area contributed by atoms with Crippen molar-refractivity contribution in [2.45, 2.75) is 50.2 Å². The van der Waals surface area contributed by atoms with Crippen LogP contribution in [0.5, 0.6) is 0 Å². The lowest BCUT2D eigenvalue weighted by atomic mass is 9.83. The van der Waals surface area contributed by atoms with E-state index in [1.165, 1.54) is 30.4 Å². The van der Waals surface area contributed by atoms with E-state index in [1.54, 1.807) is 0 Å². The van der Waals surface area contributed by atoms with Crippen LogP contribution >= 0.6 is 0 Å². The van der Waals surface area contributed by atoms with E-state index in [2.05, 4.69) is 24.3 Å². The molecule has 0 aromatic heterocycles. The summed E-state index contributed by atoms with van der Waals surface area (Å²) in [7, 11) is 0. The van der Waals surface area contributed by atoms with Crippen LogP contribution < -0.4 is 5.73 Å². The van der Waals surface area contributed by atoms with Crippen LogP contribution in [0.3, 0.4) is 0 Å². The summed E-state index contributed by atoms with van der Waals surface area (Å²) in [5, 5.41) is 0. The van der Waals surface area contributed by atoms with Gasteiger partial charge in [0.1, 0.15) is 0 Å². The van der Waals surface area contributed by atoms with Gasteiger partial charge in [0.25, 0.3) is 0 Å². The summed E-state index contributed by atoms with van der Waals surface area (Å²) >= 11 is 0. The number of benzene rings is 1. The highest BCUT2D eigenvalue weighted by atomic mass is 16.5. The zero-order valence-corrected chi connectivity index (χ0v) is 10.3. The van der Waals surface area contributed by atoms with Gasteiger partial charge in [-0.25, -0.2) is 0 Å². The van der Waals surface area contributed by atoms with Crippen molar-refractivity contribution in [1.29, 1.82) is 0 Å². The average Bonchev–Trinajstić information content (AvgIpc) is 2.33. The predicted octanol–water partition coefficient (Wildman–Crippen LogP) is 2.61. The Labute approximate surface area is 103 Å². The summed E-state index contributed by atoms with van der Waals surface area (Å²) in [4.78, 5) is 0. The molecule has 2 heteroatoms. The summed E-state index contributed by atoms with van der Waals surface area (Å²) in [6.07, 6.45) is 6.34. The molecule has 1 aromatic rings. The van der Waals surface area contributed by atoms with Crippen LogP contribution in [0.25, 0.3) is 0 Å². The van der Waals surface area contributed by atoms with Gasteiger partial charge in [0, 0.05) is 12.0 Å². The molecule has 0 bridgehead atoms. The maximum atomic E-state index is 5.96. The SMILES string of the molecule is NC1CC(OCC2CCCc3ccccc32)C1. The van der Waals surface area contributed by atoms with Gasteiger partial charge in [-0.2, -0.15) is 0 Å². The zero-order chi connectivity index (χ0) is 11.7. The van der Waals surface area contributed by atoms with Crippen molar-refractivity contribution in [2.24, 2.45) is 5.73 Å². The van der Waals surface area contributed by atoms with Gasteiger partial charge < -0.3 is 10.5 Å². The monoisotopic (exact) mass is 231 g/mol. The fraction of sp³-hybridized carbons (Fsp3) is 0.600. The highest BCUT2D eigenvalue weighted by Gasteiger charge is 2.28. The molecule has 1 saturated carbocycles. The fourth-order valence-electron chi connectivity index (χ4n) is 3.02. The minimum Gasteiger partial charge on any atom is -0.377 e. The van der Waals surface area contributed by atoms with E-state index in [0.29, 0.717) is 18.1 Å². The van der Waals surface area contributed by atoms with E-state index in [-0.39, 0.29) is 0 Å². The number of nitrogens with two attached hydrogens (primary N) is 1. The van der Waals surface area contributed by atoms with Crippen molar-refractivity contribution in [2.75, 3.05) is 6.61 Å². The van der Waals surface area contributed by atoms with Crippen molar-refractivity contribution in [3.8, 4) is 0 Å². The summed E-state index contributed by atoms with van der Waals surface area (Å²) in [6.45, 7) is 0.883. The predicted molar refractivity (Wildman–Crippen MR) is 69.1 cm³/mol. The number of aryl methyl sites for hydroxylation is 1. The molecule has 1 aromatic carbocycles. The summed E-state index contributed by atoms with van der Waals surface area (Å²) in [5.74, 6) is 0.608. The maximum Gasteiger partial charge on any atom is 0.0605 e. The minimum absolute atomic E-state index is 0.388. The van der Waals surface area contributed by atoms with E-state index < -0.39 is 0 Å². The van der Waals surface area contributed by atoms with E-state index >= 15 is 0 Å². The largest absolute Gasteiger partial charge is 0.377 e. The van der Waals surface area contributed by atoms with Gasteiger partial charge >= 0.3 is 0 Å². The number of hydrogen-bond donors (Lipinski definition) is 1. The minimum atomic E-state index is 0.388. The second kappa shape index (κ2) is 4.79. The standard InChI is InChI=1S/C15H21NO/c16-13-8-14(9-13)17-10-12-6-3-5-11-4-1-2-7-15(11)12/h1-2,4,7,12-14H,3,5-6,8-10,16H2. The smallest absolute Gasteiger partial charge is 0.0605 e. The average molecular weight is 231 g/mol. The lowest BCUT2D eigenvalue weighted by molar-refractivity contribution is -0.0167. The van der Waals surface area contributed by atoms with Gasteiger partial charge in [-0.05, 0) is 43.2 Å². The Kier molecular flexibility index (Phi) is 3.17. The third kappa shape index (κ3) is 2.38. The first kappa shape index (κ1) is 11.2. The van der Waals surface area contributed by atoms with Gasteiger partial charge in [-0.1, -0.05) is 24.3 Å². The molecular weight excluding hydrogens is 210 g/mol. The topological polar surface area (TPSA) is 35.2 Å². The van der Waals surface area contributed by atoms with Crippen molar-refractivity contribution >= 4 is 0 Å². The Hall–Kier alpha value is -0.860. The molecule has 0 aliphatic heterocycles. The third-order valence-electron chi connectivity index (χ3n) is 4.16. The van der Waals surface area contributed by atoms with Crippen LogP contribution in [0.4, 0.5) is 0 Å². The van der Waals surface area contributed by atoms with Crippen molar-refractivity contribution < 1.29 is 4.74 Å². The first-order valence-electron chi connectivity index (χ1n) is 6.78. The molecule has 0 heterocycles. The van der Waals surface area contributed by atoms with Gasteiger partial charge in [0.05, 0.1) is 12.7 Å². The first-order valence-corrected chi connectivity index (χ1v) is 6.78. The number of fused-ring (bicyclic) bond motifs is 1. The van der Waals surface area contributed by atoms with Crippen LogP contribution in [0.2, 0.25) is 0 Å². The normalized spacial score (nSPS) is 31.7. The van der Waals surface area contributed by atoms with Crippen LogP contribution in [0, 0.1) is 0 Å². The van der Waals surface area contributed by atoms with E-state index in [1.807, 2.05) is 0 Å². The Bertz CT molecular complexity index is 384. The first-order chi connectivity index (χ1) is 8.33. The Morgan fingerprint density at radius 1 is 1.24 bits per heavy atom. The zero-order valence-electron chi connectivity index (χ0n) is 10.3. The number of hydrogen-bond acceptors (Lipinski definition) is 2. The number of ether oxygens (including phenoxy) is 1. The highest BCUT2D eigenvalue weighted by Crippen LogP contribution is 2.33. The summed E-state index contributed by atoms with van der Waals surface area (Å²) in [6, 6.07) is 9.22. The van der Waals surface area contributed by atoms with Crippen LogP contribution in [0.1, 0.15) is 42.7 Å². The molecule has 2 N–H and O–H groups in total. The van der Waals surface area contributed by atoms with Crippen molar-refractivity contribution in [3.05, 3.63) is 35.4 Å². The second-order valence-corrected chi connectivity index (χ2v) is 5.47. The molecule has 0 radical (unpaired) electrons. The molecule has 2 aliphatic carbocycles. The molecule has 1 unspecified atom stereocenters. The van der Waals surface area contributed by atoms with Gasteiger partial charge in [0.15, 0.2) is 0 Å². The van der Waals surface area contributed by atoms with Crippen LogP contribution in [0.15, 0.2) is 24.3 Å². The molecule has 2 nitrogen and oxygen atoms in total. The second-order valence-electron chi connectivity index (χ2n) is 5.47. The highest BCUT2D eigenvalue weighted by molar-refractivity contribution is 5.32. The van der Waals surface area contributed by atoms with Crippen molar-refractivity contribution in [3.63, 3.8) is 0 Å². The molecule has 0 spiro atoms. The number of rotatable bonds is 3. The Morgan fingerprint density at radius 2 is 2.06 bits per heavy atom. The lowest BCUT2D eigenvalue weighted by Gasteiger charge is -2.34.